The quantitative estimate of drug-likeness (QED) is 0.159. The van der Waals surface area contributed by atoms with Gasteiger partial charge in [0.15, 0.2) is 0 Å². The van der Waals surface area contributed by atoms with Crippen molar-refractivity contribution in [2.45, 2.75) is 30.2 Å². The molecular weight excluding hydrogens is 659 g/mol. The van der Waals surface area contributed by atoms with E-state index in [2.05, 4.69) is 0 Å². The summed E-state index contributed by atoms with van der Waals surface area (Å²) in [5, 5.41) is 0. The van der Waals surface area contributed by atoms with Crippen molar-refractivity contribution in [2.24, 2.45) is 0 Å². The number of ether oxygens (including phenoxy) is 2. The van der Waals surface area contributed by atoms with Gasteiger partial charge in [0, 0.05) is 6.07 Å². The first-order valence-corrected chi connectivity index (χ1v) is 15.9. The van der Waals surface area contributed by atoms with Gasteiger partial charge in [-0.3, -0.25) is 0 Å². The van der Waals surface area contributed by atoms with E-state index in [0.29, 0.717) is 36.4 Å². The lowest BCUT2D eigenvalue weighted by Crippen LogP contribution is -2.43. The van der Waals surface area contributed by atoms with Crippen LogP contribution in [0.25, 0.3) is 0 Å². The van der Waals surface area contributed by atoms with E-state index in [9.17, 15) is 70.4 Å². The summed E-state index contributed by atoms with van der Waals surface area (Å²) in [6.45, 7) is -1.14. The number of alkyl halides is 6. The Hall–Kier alpha value is -2.23. The zero-order valence-electron chi connectivity index (χ0n) is 20.9. The van der Waals surface area contributed by atoms with Crippen molar-refractivity contribution in [1.82, 2.24) is 0 Å². The van der Waals surface area contributed by atoms with Crippen LogP contribution in [0.3, 0.4) is 0 Å². The Kier molecular flexibility index (Phi) is 10.1. The standard InChI is InChI=1S/C23H21F6O11P3/c24-21(25,41(30,31)32)16-5-1-14(2-6-16)12-39-19-9-18(23(28,29)43(36,37)38)10-20(11-19)40-13-15-3-7-17(8-4-15)22(26,27)42(33,34)35/h1-11H,12-13H2,(H2,30,31,32)(H2,33,34,35)(H2,36,37,38)/p-6. The summed E-state index contributed by atoms with van der Waals surface area (Å²) in [6, 6.07) is 7.93. The fourth-order valence-electron chi connectivity index (χ4n) is 3.32. The number of halogens is 6. The summed E-state index contributed by atoms with van der Waals surface area (Å²) in [6.07, 6.45) is 0. The van der Waals surface area contributed by atoms with E-state index in [0.717, 1.165) is 30.3 Å². The zero-order chi connectivity index (χ0) is 32.6. The van der Waals surface area contributed by atoms with E-state index < -0.39 is 82.2 Å². The van der Waals surface area contributed by atoms with Crippen LogP contribution in [0.2, 0.25) is 0 Å². The average Bonchev–Trinajstić information content (AvgIpc) is 2.89. The normalized spacial score (nSPS) is 13.7. The van der Waals surface area contributed by atoms with E-state index in [1.807, 2.05) is 0 Å². The molecule has 0 atom stereocenters. The summed E-state index contributed by atoms with van der Waals surface area (Å²) >= 11 is 0. The molecular formula is C23H15F6O11P3-6. The molecule has 0 amide bonds. The minimum atomic E-state index is -6.59. The van der Waals surface area contributed by atoms with Gasteiger partial charge in [-0.05, 0) is 47.5 Å². The van der Waals surface area contributed by atoms with Gasteiger partial charge in [-0.1, -0.05) is 48.1 Å². The topological polar surface area (TPSA) is 226 Å². The van der Waals surface area contributed by atoms with Gasteiger partial charge in [0.25, 0.3) is 0 Å². The molecule has 0 unspecified atom stereocenters. The van der Waals surface area contributed by atoms with Crippen LogP contribution in [0.15, 0.2) is 66.7 Å². The minimum Gasteiger partial charge on any atom is -0.683 e. The average molecular weight is 674 g/mol. The maximum Gasteiger partial charge on any atom is 0.363 e. The summed E-state index contributed by atoms with van der Waals surface area (Å²) in [7, 11) is -19.3. The fraction of sp³-hybridized carbons (Fsp3) is 0.217. The van der Waals surface area contributed by atoms with Gasteiger partial charge in [-0.2, -0.15) is 26.3 Å². The highest BCUT2D eigenvalue weighted by atomic mass is 31.2. The van der Waals surface area contributed by atoms with Gasteiger partial charge in [-0.15, -0.1) is 0 Å². The third-order valence-corrected chi connectivity index (χ3v) is 8.51. The smallest absolute Gasteiger partial charge is 0.363 e. The van der Waals surface area contributed by atoms with E-state index in [1.54, 1.807) is 0 Å². The number of benzene rings is 3. The molecule has 0 heterocycles. The Morgan fingerprint density at radius 2 is 0.721 bits per heavy atom. The lowest BCUT2D eigenvalue weighted by molar-refractivity contribution is -0.449. The summed E-state index contributed by atoms with van der Waals surface area (Å²) in [5.74, 6) is -1.06. The van der Waals surface area contributed by atoms with Gasteiger partial charge in [0.05, 0.1) is 16.7 Å². The first-order valence-electron chi connectivity index (χ1n) is 11.3. The van der Waals surface area contributed by atoms with Crippen molar-refractivity contribution in [3.8, 4) is 11.5 Å². The Balaban J connectivity index is 1.83. The van der Waals surface area contributed by atoms with Gasteiger partial charge < -0.3 is 53.5 Å². The third-order valence-electron chi connectivity index (χ3n) is 5.67. The number of rotatable bonds is 12. The largest absolute Gasteiger partial charge is 0.683 e. The predicted octanol–water partition coefficient (Wildman–Crippen LogP) is -1.48. The van der Waals surface area contributed by atoms with Crippen LogP contribution < -0.4 is 53.5 Å². The maximum absolute atomic E-state index is 14.4. The van der Waals surface area contributed by atoms with Gasteiger partial charge in [-0.25, -0.2) is 0 Å². The zero-order valence-corrected chi connectivity index (χ0v) is 23.5. The highest BCUT2D eigenvalue weighted by Crippen LogP contribution is 2.58. The monoisotopic (exact) mass is 674 g/mol. The molecule has 0 bridgehead atoms. The van der Waals surface area contributed by atoms with E-state index in [1.165, 1.54) is 0 Å². The fourth-order valence-corrected chi connectivity index (χ4v) is 4.70. The lowest BCUT2D eigenvalue weighted by atomic mass is 10.1. The van der Waals surface area contributed by atoms with Crippen LogP contribution in [0.4, 0.5) is 26.3 Å². The first kappa shape index (κ1) is 35.3. The Morgan fingerprint density at radius 1 is 0.442 bits per heavy atom. The lowest BCUT2D eigenvalue weighted by Gasteiger charge is -2.46. The van der Waals surface area contributed by atoms with Crippen LogP contribution in [0, 0.1) is 0 Å². The summed E-state index contributed by atoms with van der Waals surface area (Å²) < 4.78 is 94.1. The van der Waals surface area contributed by atoms with Crippen LogP contribution >= 0.6 is 23.8 Å². The van der Waals surface area contributed by atoms with Crippen LogP contribution in [-0.2, 0) is 30.2 Å². The van der Waals surface area contributed by atoms with E-state index in [4.69, 9.17) is 9.47 Å². The molecule has 236 valence electrons. The number of hydrogen-bond acceptors (Lipinski definition) is 11. The van der Waals surface area contributed by atoms with Crippen LogP contribution in [0.5, 0.6) is 11.5 Å². The second-order valence-corrected chi connectivity index (χ2v) is 13.5. The molecule has 0 aliphatic rings. The highest BCUT2D eigenvalue weighted by molar-refractivity contribution is 7.55. The second kappa shape index (κ2) is 12.3. The SMILES string of the molecule is [O-][P+]([O-])([O-])C(F)(F)c1ccc(COc2cc(OCc3ccc(C(F)(F)[P+]([O-])([O-])[O-])cc3)cc(C(F)(F)[P+]([O-])([O-])[O-])c2)cc1. The molecule has 0 spiro atoms. The molecule has 0 saturated heterocycles. The van der Waals surface area contributed by atoms with Gasteiger partial charge >= 0.3 is 17.0 Å². The molecule has 3 aromatic carbocycles. The Labute approximate surface area is 240 Å². The summed E-state index contributed by atoms with van der Waals surface area (Å²) in [5.41, 5.74) is -18.0. The molecule has 0 aromatic heterocycles. The molecule has 11 nitrogen and oxygen atoms in total. The van der Waals surface area contributed by atoms with Crippen LogP contribution in [0.1, 0.15) is 27.8 Å². The molecule has 20 heteroatoms. The van der Waals surface area contributed by atoms with Crippen molar-refractivity contribution < 1.29 is 79.9 Å². The molecule has 0 N–H and O–H groups in total. The summed E-state index contributed by atoms with van der Waals surface area (Å²) in [4.78, 5) is 98.3. The highest BCUT2D eigenvalue weighted by Gasteiger charge is 2.43. The molecule has 0 radical (unpaired) electrons. The van der Waals surface area contributed by atoms with Crippen molar-refractivity contribution in [3.63, 3.8) is 0 Å². The van der Waals surface area contributed by atoms with E-state index in [-0.39, 0.29) is 11.1 Å². The number of hydrogen-bond donors (Lipinski definition) is 0. The molecule has 0 saturated carbocycles. The predicted molar refractivity (Wildman–Crippen MR) is 120 cm³/mol. The molecule has 43 heavy (non-hydrogen) atoms. The third kappa shape index (κ3) is 7.90. The molecule has 3 rings (SSSR count). The van der Waals surface area contributed by atoms with Crippen molar-refractivity contribution in [2.75, 3.05) is 0 Å². The second-order valence-electron chi connectivity index (χ2n) is 8.78. The van der Waals surface area contributed by atoms with Crippen LogP contribution in [-0.4, -0.2) is 0 Å². The molecule has 3 aromatic rings. The van der Waals surface area contributed by atoms with Gasteiger partial charge in [0.2, 0.25) is 0 Å². The van der Waals surface area contributed by atoms with Crippen molar-refractivity contribution in [1.29, 1.82) is 0 Å². The maximum atomic E-state index is 14.4. The van der Waals surface area contributed by atoms with Crippen molar-refractivity contribution in [3.05, 3.63) is 94.5 Å². The van der Waals surface area contributed by atoms with E-state index >= 15 is 0 Å². The van der Waals surface area contributed by atoms with Gasteiger partial charge in [0.1, 0.15) is 24.7 Å². The molecule has 0 fully saturated rings. The van der Waals surface area contributed by atoms with Crippen molar-refractivity contribution >= 4 is 23.8 Å². The molecule has 0 aliphatic heterocycles. The minimum absolute atomic E-state index is 0.0433. The Morgan fingerprint density at radius 3 is 1.00 bits per heavy atom. The Bertz CT molecular complexity index is 1320. The molecule has 0 aliphatic carbocycles. The first-order chi connectivity index (χ1) is 19.5.